The molecular formula is C16H18O3. The summed E-state index contributed by atoms with van der Waals surface area (Å²) in [5, 5.41) is 28.6. The van der Waals surface area contributed by atoms with Crippen molar-refractivity contribution in [1.29, 1.82) is 0 Å². The first-order chi connectivity index (χ1) is 8.90. The van der Waals surface area contributed by atoms with Gasteiger partial charge in [0.05, 0.1) is 0 Å². The van der Waals surface area contributed by atoms with Gasteiger partial charge < -0.3 is 15.3 Å². The van der Waals surface area contributed by atoms with Gasteiger partial charge in [-0.3, -0.25) is 0 Å². The van der Waals surface area contributed by atoms with Crippen LogP contribution in [0, 0.1) is 20.8 Å². The van der Waals surface area contributed by atoms with Gasteiger partial charge in [0.2, 0.25) is 0 Å². The van der Waals surface area contributed by atoms with Gasteiger partial charge >= 0.3 is 0 Å². The number of benzene rings is 2. The van der Waals surface area contributed by atoms with Crippen LogP contribution < -0.4 is 0 Å². The highest BCUT2D eigenvalue weighted by atomic mass is 16.3. The van der Waals surface area contributed by atoms with E-state index in [9.17, 15) is 15.3 Å². The number of phenolic OH excluding ortho intramolecular Hbond substituents is 3. The molecule has 0 heterocycles. The molecule has 3 heteroatoms. The molecule has 0 amide bonds. The highest BCUT2D eigenvalue weighted by molar-refractivity contribution is 5.50. The molecule has 0 aliphatic heterocycles. The molecule has 0 fully saturated rings. The Balaban J connectivity index is 2.43. The van der Waals surface area contributed by atoms with Crippen molar-refractivity contribution < 1.29 is 15.3 Å². The lowest BCUT2D eigenvalue weighted by atomic mass is 9.92. The molecule has 0 saturated carbocycles. The summed E-state index contributed by atoms with van der Waals surface area (Å²) in [6, 6.07) is 6.60. The van der Waals surface area contributed by atoms with Crippen molar-refractivity contribution in [3.05, 3.63) is 52.1 Å². The first kappa shape index (κ1) is 13.3. The van der Waals surface area contributed by atoms with Crippen LogP contribution in [0.5, 0.6) is 17.2 Å². The topological polar surface area (TPSA) is 60.7 Å². The fourth-order valence-corrected chi connectivity index (χ4v) is 2.27. The molecular weight excluding hydrogens is 240 g/mol. The van der Waals surface area contributed by atoms with Crippen molar-refractivity contribution in [2.75, 3.05) is 0 Å². The van der Waals surface area contributed by atoms with E-state index in [0.717, 1.165) is 27.8 Å². The smallest absolute Gasteiger partial charge is 0.157 e. The highest BCUT2D eigenvalue weighted by Crippen LogP contribution is 2.30. The van der Waals surface area contributed by atoms with Crippen molar-refractivity contribution in [1.82, 2.24) is 0 Å². The Bertz CT molecular complexity index is 630. The van der Waals surface area contributed by atoms with E-state index in [4.69, 9.17) is 0 Å². The van der Waals surface area contributed by atoms with Crippen LogP contribution in [0.4, 0.5) is 0 Å². The van der Waals surface area contributed by atoms with Crippen LogP contribution in [-0.2, 0) is 6.42 Å². The van der Waals surface area contributed by atoms with Crippen LogP contribution >= 0.6 is 0 Å². The molecule has 3 N–H and O–H groups in total. The minimum Gasteiger partial charge on any atom is -0.508 e. The second kappa shape index (κ2) is 4.84. The van der Waals surface area contributed by atoms with Crippen LogP contribution in [-0.4, -0.2) is 15.3 Å². The molecule has 0 atom stereocenters. The van der Waals surface area contributed by atoms with Crippen LogP contribution in [0.15, 0.2) is 24.3 Å². The molecule has 0 saturated heterocycles. The molecule has 2 aromatic carbocycles. The summed E-state index contributed by atoms with van der Waals surface area (Å²) in [5.41, 5.74) is 5.02. The zero-order chi connectivity index (χ0) is 14.2. The van der Waals surface area contributed by atoms with Crippen LogP contribution in [0.2, 0.25) is 0 Å². The molecule has 0 radical (unpaired) electrons. The van der Waals surface area contributed by atoms with Gasteiger partial charge in [-0.15, -0.1) is 0 Å². The summed E-state index contributed by atoms with van der Waals surface area (Å²) >= 11 is 0. The van der Waals surface area contributed by atoms with Gasteiger partial charge in [0, 0.05) is 0 Å². The summed E-state index contributed by atoms with van der Waals surface area (Å²) in [5.74, 6) is 0.0923. The van der Waals surface area contributed by atoms with Crippen LogP contribution in [0.3, 0.4) is 0 Å². The van der Waals surface area contributed by atoms with E-state index in [0.29, 0.717) is 12.2 Å². The van der Waals surface area contributed by atoms with Gasteiger partial charge in [-0.25, -0.2) is 0 Å². The molecule has 0 spiro atoms. The van der Waals surface area contributed by atoms with Crippen molar-refractivity contribution in [3.63, 3.8) is 0 Å². The third-order valence-electron chi connectivity index (χ3n) is 3.65. The molecule has 2 rings (SSSR count). The number of aromatic hydroxyl groups is 3. The van der Waals surface area contributed by atoms with Crippen LogP contribution in [0.25, 0.3) is 0 Å². The Morgan fingerprint density at radius 1 is 0.789 bits per heavy atom. The molecule has 0 unspecified atom stereocenters. The zero-order valence-corrected chi connectivity index (χ0v) is 11.4. The molecule has 19 heavy (non-hydrogen) atoms. The Morgan fingerprint density at radius 3 is 2.11 bits per heavy atom. The van der Waals surface area contributed by atoms with E-state index >= 15 is 0 Å². The predicted octanol–water partition coefficient (Wildman–Crippen LogP) is 3.32. The van der Waals surface area contributed by atoms with Gasteiger partial charge in [-0.05, 0) is 73.2 Å². The molecule has 0 aromatic heterocycles. The predicted molar refractivity (Wildman–Crippen MR) is 74.9 cm³/mol. The maximum absolute atomic E-state index is 9.78. The molecule has 100 valence electrons. The minimum atomic E-state index is -0.112. The van der Waals surface area contributed by atoms with Crippen molar-refractivity contribution in [2.45, 2.75) is 27.2 Å². The second-order valence-electron chi connectivity index (χ2n) is 4.94. The van der Waals surface area contributed by atoms with Crippen molar-refractivity contribution >= 4 is 0 Å². The standard InChI is InChI=1S/C16H18O3/c1-9-6-15(18)11(3)10(2)13(9)7-12-4-5-14(17)16(19)8-12/h4-6,8,17-19H,7H2,1-3H3. The number of hydrogen-bond donors (Lipinski definition) is 3. The Hall–Kier alpha value is -2.16. The largest absolute Gasteiger partial charge is 0.508 e. The lowest BCUT2D eigenvalue weighted by Crippen LogP contribution is -1.98. The third kappa shape index (κ3) is 2.50. The summed E-state index contributed by atoms with van der Waals surface area (Å²) < 4.78 is 0. The first-order valence-corrected chi connectivity index (χ1v) is 6.19. The summed E-state index contributed by atoms with van der Waals surface area (Å²) in [6.45, 7) is 5.83. The Morgan fingerprint density at radius 2 is 1.47 bits per heavy atom. The van der Waals surface area contributed by atoms with E-state index in [2.05, 4.69) is 0 Å². The molecule has 0 bridgehead atoms. The third-order valence-corrected chi connectivity index (χ3v) is 3.65. The first-order valence-electron chi connectivity index (χ1n) is 6.19. The summed E-state index contributed by atoms with van der Waals surface area (Å²) in [6.07, 6.45) is 0.659. The maximum atomic E-state index is 9.78. The normalized spacial score (nSPS) is 10.7. The van der Waals surface area contributed by atoms with E-state index in [-0.39, 0.29) is 11.5 Å². The van der Waals surface area contributed by atoms with E-state index in [1.165, 1.54) is 6.07 Å². The van der Waals surface area contributed by atoms with Gasteiger partial charge in [0.15, 0.2) is 11.5 Å². The summed E-state index contributed by atoms with van der Waals surface area (Å²) in [7, 11) is 0. The van der Waals surface area contributed by atoms with Crippen LogP contribution in [0.1, 0.15) is 27.8 Å². The molecule has 0 aliphatic carbocycles. The van der Waals surface area contributed by atoms with Gasteiger partial charge in [0.25, 0.3) is 0 Å². The minimum absolute atomic E-state index is 0.108. The highest BCUT2D eigenvalue weighted by Gasteiger charge is 2.11. The van der Waals surface area contributed by atoms with Crippen molar-refractivity contribution in [3.8, 4) is 17.2 Å². The molecule has 3 nitrogen and oxygen atoms in total. The molecule has 0 aliphatic rings. The fraction of sp³-hybridized carbons (Fsp3) is 0.250. The average molecular weight is 258 g/mol. The average Bonchev–Trinajstić information content (AvgIpc) is 2.36. The quantitative estimate of drug-likeness (QED) is 0.724. The van der Waals surface area contributed by atoms with E-state index in [1.807, 2.05) is 20.8 Å². The van der Waals surface area contributed by atoms with Gasteiger partial charge in [0.1, 0.15) is 5.75 Å². The van der Waals surface area contributed by atoms with E-state index in [1.54, 1.807) is 18.2 Å². The zero-order valence-electron chi connectivity index (χ0n) is 11.4. The Labute approximate surface area is 112 Å². The molecule has 2 aromatic rings. The van der Waals surface area contributed by atoms with E-state index < -0.39 is 0 Å². The summed E-state index contributed by atoms with van der Waals surface area (Å²) in [4.78, 5) is 0. The van der Waals surface area contributed by atoms with Crippen molar-refractivity contribution in [2.24, 2.45) is 0 Å². The number of aryl methyl sites for hydroxylation is 1. The second-order valence-corrected chi connectivity index (χ2v) is 4.94. The Kier molecular flexibility index (Phi) is 3.38. The van der Waals surface area contributed by atoms with Gasteiger partial charge in [-0.2, -0.15) is 0 Å². The number of hydrogen-bond acceptors (Lipinski definition) is 3. The van der Waals surface area contributed by atoms with Gasteiger partial charge in [-0.1, -0.05) is 6.07 Å². The maximum Gasteiger partial charge on any atom is 0.157 e. The fourth-order valence-electron chi connectivity index (χ4n) is 2.27. The number of rotatable bonds is 2. The SMILES string of the molecule is Cc1cc(O)c(C)c(C)c1Cc1ccc(O)c(O)c1. The monoisotopic (exact) mass is 258 g/mol. The number of phenols is 3. The lowest BCUT2D eigenvalue weighted by Gasteiger charge is -2.14. The lowest BCUT2D eigenvalue weighted by molar-refractivity contribution is 0.403.